The first kappa shape index (κ1) is 19.7. The lowest BCUT2D eigenvalue weighted by atomic mass is 10.2. The van der Waals surface area contributed by atoms with E-state index in [9.17, 15) is 26.3 Å². The smallest absolute Gasteiger partial charge is 0.416 e. The maximum atomic E-state index is 14.4. The second-order valence-corrected chi connectivity index (χ2v) is 5.73. The average molecular weight is 401 g/mol. The molecular weight excluding hydrogens is 388 g/mol. The second-order valence-electron chi connectivity index (χ2n) is 5.73. The molecule has 0 aliphatic carbocycles. The Morgan fingerprint density at radius 2 is 1.89 bits per heavy atom. The van der Waals surface area contributed by atoms with Crippen LogP contribution in [0.4, 0.5) is 26.3 Å². The molecule has 0 radical (unpaired) electrons. The fourth-order valence-electron chi connectivity index (χ4n) is 2.42. The normalized spacial score (nSPS) is 11.9. The van der Waals surface area contributed by atoms with Gasteiger partial charge in [0.15, 0.2) is 11.6 Å². The number of ether oxygens (including phenoxy) is 1. The molecule has 28 heavy (non-hydrogen) atoms. The molecule has 0 saturated carbocycles. The van der Waals surface area contributed by atoms with Crippen LogP contribution in [0, 0.1) is 5.82 Å². The summed E-state index contributed by atoms with van der Waals surface area (Å²) in [5.74, 6) is -1.54. The molecule has 0 bridgehead atoms. The highest BCUT2D eigenvalue weighted by atomic mass is 19.4. The third-order valence-corrected chi connectivity index (χ3v) is 3.80. The number of benzene rings is 1. The van der Waals surface area contributed by atoms with Gasteiger partial charge in [-0.05, 0) is 36.8 Å². The molecule has 0 fully saturated rings. The molecule has 10 heteroatoms. The van der Waals surface area contributed by atoms with Crippen LogP contribution in [0.1, 0.15) is 30.2 Å². The first-order chi connectivity index (χ1) is 13.2. The van der Waals surface area contributed by atoms with Gasteiger partial charge in [0, 0.05) is 11.8 Å². The van der Waals surface area contributed by atoms with E-state index in [2.05, 4.69) is 10.1 Å². The van der Waals surface area contributed by atoms with Gasteiger partial charge in [-0.2, -0.15) is 23.3 Å². The van der Waals surface area contributed by atoms with E-state index in [1.54, 1.807) is 6.92 Å². The molecule has 148 valence electrons. The van der Waals surface area contributed by atoms with Crippen LogP contribution >= 0.6 is 0 Å². The maximum Gasteiger partial charge on any atom is 0.416 e. The summed E-state index contributed by atoms with van der Waals surface area (Å²) in [6.45, 7) is 1.68. The molecule has 2 heterocycles. The predicted octanol–water partition coefficient (Wildman–Crippen LogP) is 5.72. The quantitative estimate of drug-likeness (QED) is 0.514. The van der Waals surface area contributed by atoms with E-state index in [4.69, 9.17) is 4.74 Å². The molecule has 0 aliphatic rings. The average Bonchev–Trinajstić information content (AvgIpc) is 3.12. The molecule has 0 unspecified atom stereocenters. The van der Waals surface area contributed by atoms with Crippen molar-refractivity contribution in [2.45, 2.75) is 25.9 Å². The van der Waals surface area contributed by atoms with Gasteiger partial charge < -0.3 is 4.74 Å². The van der Waals surface area contributed by atoms with E-state index in [-0.39, 0.29) is 18.1 Å². The van der Waals surface area contributed by atoms with Crippen LogP contribution in [0.3, 0.4) is 0 Å². The van der Waals surface area contributed by atoms with Gasteiger partial charge in [-0.3, -0.25) is 0 Å². The summed E-state index contributed by atoms with van der Waals surface area (Å²) in [6, 6.07) is 6.21. The van der Waals surface area contributed by atoms with E-state index in [1.807, 2.05) is 0 Å². The van der Waals surface area contributed by atoms with Crippen molar-refractivity contribution >= 4 is 0 Å². The highest BCUT2D eigenvalue weighted by molar-refractivity contribution is 5.40. The maximum absolute atomic E-state index is 14.4. The molecule has 0 amide bonds. The summed E-state index contributed by atoms with van der Waals surface area (Å²) in [5.41, 5.74) is -1.19. The zero-order chi connectivity index (χ0) is 20.5. The Morgan fingerprint density at radius 3 is 2.50 bits per heavy atom. The minimum atomic E-state index is -4.56. The second kappa shape index (κ2) is 7.53. The molecule has 3 aromatic rings. The number of aryl methyl sites for hydroxylation is 1. The molecule has 0 spiro atoms. The summed E-state index contributed by atoms with van der Waals surface area (Å²) in [5, 5.41) is 3.55. The Labute approximate surface area is 155 Å². The first-order valence-electron chi connectivity index (χ1n) is 8.07. The van der Waals surface area contributed by atoms with Crippen molar-refractivity contribution in [1.82, 2.24) is 14.8 Å². The summed E-state index contributed by atoms with van der Waals surface area (Å²) < 4.78 is 84.6. The molecule has 0 saturated heterocycles. The number of pyridine rings is 1. The first-order valence-corrected chi connectivity index (χ1v) is 8.07. The lowest BCUT2D eigenvalue weighted by molar-refractivity contribution is -0.137. The van der Waals surface area contributed by atoms with Crippen molar-refractivity contribution in [3.8, 4) is 17.4 Å². The van der Waals surface area contributed by atoms with Crippen molar-refractivity contribution in [2.24, 2.45) is 0 Å². The van der Waals surface area contributed by atoms with Crippen LogP contribution in [0.5, 0.6) is 11.6 Å². The Hall–Kier alpha value is -3.04. The molecular formula is C18H13F6N3O. The Kier molecular flexibility index (Phi) is 5.30. The van der Waals surface area contributed by atoms with E-state index >= 15 is 0 Å². The lowest BCUT2D eigenvalue weighted by Crippen LogP contribution is -2.07. The highest BCUT2D eigenvalue weighted by Crippen LogP contribution is 2.33. The third-order valence-electron chi connectivity index (χ3n) is 3.80. The van der Waals surface area contributed by atoms with Gasteiger partial charge in [0.25, 0.3) is 6.43 Å². The minimum Gasteiger partial charge on any atom is -0.439 e. The summed E-state index contributed by atoms with van der Waals surface area (Å²) in [7, 11) is 0. The summed E-state index contributed by atoms with van der Waals surface area (Å²) >= 11 is 0. The van der Waals surface area contributed by atoms with Gasteiger partial charge in [0.05, 0.1) is 5.56 Å². The predicted molar refractivity (Wildman–Crippen MR) is 87.2 cm³/mol. The van der Waals surface area contributed by atoms with E-state index in [1.165, 1.54) is 6.07 Å². The monoisotopic (exact) mass is 401 g/mol. The third kappa shape index (κ3) is 4.10. The highest BCUT2D eigenvalue weighted by Gasteiger charge is 2.30. The van der Waals surface area contributed by atoms with Crippen LogP contribution in [0.15, 0.2) is 42.6 Å². The zero-order valence-corrected chi connectivity index (χ0v) is 14.3. The van der Waals surface area contributed by atoms with Crippen LogP contribution in [0.25, 0.3) is 5.82 Å². The number of alkyl halides is 5. The number of hydrogen-bond acceptors (Lipinski definition) is 3. The van der Waals surface area contributed by atoms with Crippen LogP contribution in [-0.2, 0) is 12.6 Å². The van der Waals surface area contributed by atoms with Gasteiger partial charge in [0.1, 0.15) is 11.4 Å². The minimum absolute atomic E-state index is 0.146. The van der Waals surface area contributed by atoms with Gasteiger partial charge >= 0.3 is 6.18 Å². The summed E-state index contributed by atoms with van der Waals surface area (Å²) in [4.78, 5) is 3.95. The lowest BCUT2D eigenvalue weighted by Gasteiger charge is -2.13. The van der Waals surface area contributed by atoms with Gasteiger partial charge in [-0.1, -0.05) is 13.0 Å². The summed E-state index contributed by atoms with van der Waals surface area (Å²) in [6.07, 6.45) is -6.03. The molecule has 3 rings (SSSR count). The van der Waals surface area contributed by atoms with Crippen LogP contribution in [-0.4, -0.2) is 14.8 Å². The zero-order valence-electron chi connectivity index (χ0n) is 14.3. The van der Waals surface area contributed by atoms with Crippen molar-refractivity contribution in [3.63, 3.8) is 0 Å². The molecule has 0 aliphatic heterocycles. The van der Waals surface area contributed by atoms with E-state index in [0.29, 0.717) is 5.56 Å². The fraction of sp³-hybridized carbons (Fsp3) is 0.222. The standard InChI is InChI=1S/C18H13F6N3O/c1-2-10-8-13(19)16(27-7-6-14(26-27)15(20)21)25-17(10)28-12-5-3-4-11(9-12)18(22,23)24/h3-9,15H,2H2,1H3. The SMILES string of the molecule is CCc1cc(F)c(-n2ccc(C(F)F)n2)nc1Oc1cccc(C(F)(F)F)c1. The topological polar surface area (TPSA) is 39.9 Å². The number of aromatic nitrogens is 3. The molecule has 0 N–H and O–H groups in total. The van der Waals surface area contributed by atoms with Gasteiger partial charge in [-0.25, -0.2) is 17.9 Å². The van der Waals surface area contributed by atoms with Gasteiger partial charge in [-0.15, -0.1) is 0 Å². The van der Waals surface area contributed by atoms with Crippen molar-refractivity contribution in [3.05, 3.63) is 65.2 Å². The van der Waals surface area contributed by atoms with Crippen molar-refractivity contribution in [1.29, 1.82) is 0 Å². The largest absolute Gasteiger partial charge is 0.439 e. The molecule has 2 aromatic heterocycles. The number of nitrogens with zero attached hydrogens (tertiary/aromatic N) is 3. The number of halogens is 6. The van der Waals surface area contributed by atoms with Crippen LogP contribution < -0.4 is 4.74 Å². The molecule has 4 nitrogen and oxygen atoms in total. The van der Waals surface area contributed by atoms with Gasteiger partial charge in [0.2, 0.25) is 5.88 Å². The Bertz CT molecular complexity index is 984. The molecule has 0 atom stereocenters. The van der Waals surface area contributed by atoms with Crippen LogP contribution in [0.2, 0.25) is 0 Å². The number of hydrogen-bond donors (Lipinski definition) is 0. The molecule has 1 aromatic carbocycles. The number of rotatable bonds is 5. The van der Waals surface area contributed by atoms with E-state index in [0.717, 1.165) is 41.2 Å². The fourth-order valence-corrected chi connectivity index (χ4v) is 2.42. The van der Waals surface area contributed by atoms with Crippen molar-refractivity contribution in [2.75, 3.05) is 0 Å². The Balaban J connectivity index is 2.01. The van der Waals surface area contributed by atoms with Crippen molar-refractivity contribution < 1.29 is 31.1 Å². The Morgan fingerprint density at radius 1 is 1.14 bits per heavy atom. The van der Waals surface area contributed by atoms with E-state index < -0.39 is 35.5 Å².